The molecule has 0 saturated carbocycles. The lowest BCUT2D eigenvalue weighted by molar-refractivity contribution is 0.380. The highest BCUT2D eigenvalue weighted by Crippen LogP contribution is 2.35. The maximum Gasteiger partial charge on any atom is 0.265 e. The minimum Gasteiger partial charge on any atom is -0.496 e. The molecule has 0 unspecified atom stereocenters. The Kier molecular flexibility index (Phi) is 4.77. The van der Waals surface area contributed by atoms with E-state index in [0.717, 1.165) is 0 Å². The molecule has 0 radical (unpaired) electrons. The molecule has 120 valence electrons. The normalized spacial score (nSPS) is 10.7. The first kappa shape index (κ1) is 16.6. The quantitative estimate of drug-likeness (QED) is 0.909. The van der Waals surface area contributed by atoms with Gasteiger partial charge in [0.05, 0.1) is 25.5 Å². The number of sulfonamides is 1. The molecule has 0 atom stereocenters. The molecule has 2 aromatic rings. The molecule has 0 aliphatic carbocycles. The Morgan fingerprint density at radius 3 is 2.39 bits per heavy atom. The van der Waals surface area contributed by atoms with E-state index < -0.39 is 10.0 Å². The van der Waals surface area contributed by atoms with Crippen LogP contribution in [0.25, 0.3) is 0 Å². The summed E-state index contributed by atoms with van der Waals surface area (Å²) in [6.07, 6.45) is 0. The van der Waals surface area contributed by atoms with Crippen molar-refractivity contribution in [3.05, 3.63) is 47.5 Å². The molecule has 0 aliphatic heterocycles. The molecule has 0 saturated heterocycles. The van der Waals surface area contributed by atoms with E-state index in [1.165, 1.54) is 32.4 Å². The van der Waals surface area contributed by atoms with Crippen LogP contribution in [-0.2, 0) is 10.0 Å². The Morgan fingerprint density at radius 2 is 1.78 bits per heavy atom. The summed E-state index contributed by atoms with van der Waals surface area (Å²) in [6.45, 7) is 1.71. The number of ether oxygens (including phenoxy) is 2. The first-order chi connectivity index (χ1) is 10.9. The van der Waals surface area contributed by atoms with Crippen LogP contribution in [0.2, 0.25) is 0 Å². The van der Waals surface area contributed by atoms with E-state index in [9.17, 15) is 8.42 Å². The number of benzene rings is 2. The van der Waals surface area contributed by atoms with Gasteiger partial charge in [0.15, 0.2) is 0 Å². The van der Waals surface area contributed by atoms with E-state index in [-0.39, 0.29) is 21.9 Å². The third-order valence-corrected chi connectivity index (χ3v) is 4.71. The second kappa shape index (κ2) is 6.58. The summed E-state index contributed by atoms with van der Waals surface area (Å²) in [5.74, 6) is 0.726. The zero-order chi connectivity index (χ0) is 17.0. The summed E-state index contributed by atoms with van der Waals surface area (Å²) < 4.78 is 38.1. The van der Waals surface area contributed by atoms with Crippen LogP contribution in [-0.4, -0.2) is 22.6 Å². The maximum absolute atomic E-state index is 12.7. The van der Waals surface area contributed by atoms with Gasteiger partial charge in [-0.1, -0.05) is 12.1 Å². The van der Waals surface area contributed by atoms with Crippen molar-refractivity contribution >= 4 is 15.7 Å². The molecule has 2 aromatic carbocycles. The largest absolute Gasteiger partial charge is 0.496 e. The van der Waals surface area contributed by atoms with Crippen molar-refractivity contribution in [2.45, 2.75) is 11.8 Å². The van der Waals surface area contributed by atoms with Gasteiger partial charge in [-0.2, -0.15) is 5.26 Å². The van der Waals surface area contributed by atoms with Crippen LogP contribution >= 0.6 is 0 Å². The van der Waals surface area contributed by atoms with Gasteiger partial charge >= 0.3 is 0 Å². The molecule has 0 bridgehead atoms. The average molecular weight is 332 g/mol. The molecule has 7 heteroatoms. The second-order valence-electron chi connectivity index (χ2n) is 4.69. The number of nitrogens with one attached hydrogen (secondary N) is 1. The van der Waals surface area contributed by atoms with E-state index in [1.807, 2.05) is 6.07 Å². The van der Waals surface area contributed by atoms with Crippen molar-refractivity contribution < 1.29 is 17.9 Å². The van der Waals surface area contributed by atoms with Gasteiger partial charge in [0, 0.05) is 5.56 Å². The van der Waals surface area contributed by atoms with E-state index >= 15 is 0 Å². The SMILES string of the molecule is COc1ccc(S(=O)(=O)Nc2ccccc2C#N)c(OC)c1C. The van der Waals surface area contributed by atoms with Crippen molar-refractivity contribution in [2.24, 2.45) is 0 Å². The Hall–Kier alpha value is -2.72. The number of anilines is 1. The number of nitriles is 1. The number of nitrogens with zero attached hydrogens (tertiary/aromatic N) is 1. The van der Waals surface area contributed by atoms with Gasteiger partial charge < -0.3 is 9.47 Å². The van der Waals surface area contributed by atoms with Crippen LogP contribution in [0, 0.1) is 18.3 Å². The van der Waals surface area contributed by atoms with E-state index in [0.29, 0.717) is 11.3 Å². The highest BCUT2D eigenvalue weighted by atomic mass is 32.2. The molecule has 0 amide bonds. The molecule has 6 nitrogen and oxygen atoms in total. The van der Waals surface area contributed by atoms with E-state index in [2.05, 4.69) is 4.72 Å². The minimum atomic E-state index is -3.92. The third kappa shape index (κ3) is 3.22. The van der Waals surface area contributed by atoms with Crippen molar-refractivity contribution in [1.29, 1.82) is 5.26 Å². The summed E-state index contributed by atoms with van der Waals surface area (Å²) in [5, 5.41) is 9.07. The summed E-state index contributed by atoms with van der Waals surface area (Å²) in [6, 6.07) is 11.3. The van der Waals surface area contributed by atoms with Gasteiger partial charge in [0.1, 0.15) is 22.5 Å². The van der Waals surface area contributed by atoms with Crippen molar-refractivity contribution in [1.82, 2.24) is 0 Å². The smallest absolute Gasteiger partial charge is 0.265 e. The van der Waals surface area contributed by atoms with Crippen molar-refractivity contribution in [2.75, 3.05) is 18.9 Å². The van der Waals surface area contributed by atoms with E-state index in [4.69, 9.17) is 14.7 Å². The maximum atomic E-state index is 12.7. The molecule has 1 N–H and O–H groups in total. The Morgan fingerprint density at radius 1 is 1.09 bits per heavy atom. The van der Waals surface area contributed by atoms with Gasteiger partial charge in [-0.05, 0) is 31.2 Å². The molecular weight excluding hydrogens is 316 g/mol. The van der Waals surface area contributed by atoms with Gasteiger partial charge in [-0.15, -0.1) is 0 Å². The number of hydrogen-bond donors (Lipinski definition) is 1. The standard InChI is InChI=1S/C16H16N2O4S/c1-11-14(21-2)8-9-15(16(11)22-3)23(19,20)18-13-7-5-4-6-12(13)10-17/h4-9,18H,1-3H3. The highest BCUT2D eigenvalue weighted by Gasteiger charge is 2.23. The fourth-order valence-electron chi connectivity index (χ4n) is 2.20. The zero-order valence-electron chi connectivity index (χ0n) is 13.0. The lowest BCUT2D eigenvalue weighted by Crippen LogP contribution is -2.15. The molecular formula is C16H16N2O4S. The third-order valence-electron chi connectivity index (χ3n) is 3.33. The number of hydrogen-bond acceptors (Lipinski definition) is 5. The van der Waals surface area contributed by atoms with Crippen molar-refractivity contribution in [3.63, 3.8) is 0 Å². The Balaban J connectivity index is 2.53. The summed E-state index contributed by atoms with van der Waals surface area (Å²) in [5.41, 5.74) is 1.03. The van der Waals surface area contributed by atoms with Crippen LogP contribution in [0.4, 0.5) is 5.69 Å². The Labute approximate surface area is 135 Å². The second-order valence-corrected chi connectivity index (χ2v) is 6.34. The van der Waals surface area contributed by atoms with Crippen LogP contribution in [0.1, 0.15) is 11.1 Å². The molecule has 0 aromatic heterocycles. The van der Waals surface area contributed by atoms with Crippen LogP contribution < -0.4 is 14.2 Å². The number of para-hydroxylation sites is 1. The summed E-state index contributed by atoms with van der Waals surface area (Å²) >= 11 is 0. The van der Waals surface area contributed by atoms with Gasteiger partial charge in [-0.3, -0.25) is 4.72 Å². The molecule has 0 heterocycles. The Bertz CT molecular complexity index is 870. The van der Waals surface area contributed by atoms with Gasteiger partial charge in [0.2, 0.25) is 0 Å². The van der Waals surface area contributed by atoms with Crippen LogP contribution in [0.5, 0.6) is 11.5 Å². The highest BCUT2D eigenvalue weighted by molar-refractivity contribution is 7.92. The molecule has 0 aliphatic rings. The van der Waals surface area contributed by atoms with Gasteiger partial charge in [0.25, 0.3) is 10.0 Å². The molecule has 0 fully saturated rings. The predicted molar refractivity (Wildman–Crippen MR) is 86.2 cm³/mol. The molecule has 23 heavy (non-hydrogen) atoms. The average Bonchev–Trinajstić information content (AvgIpc) is 2.54. The topological polar surface area (TPSA) is 88.4 Å². The fourth-order valence-corrected chi connectivity index (χ4v) is 3.51. The number of methoxy groups -OCH3 is 2. The predicted octanol–water partition coefficient (Wildman–Crippen LogP) is 2.68. The minimum absolute atomic E-state index is 0.0222. The van der Waals surface area contributed by atoms with Crippen LogP contribution in [0.15, 0.2) is 41.3 Å². The lowest BCUT2D eigenvalue weighted by atomic mass is 10.2. The first-order valence-electron chi connectivity index (χ1n) is 6.68. The first-order valence-corrected chi connectivity index (χ1v) is 8.16. The fraction of sp³-hybridized carbons (Fsp3) is 0.188. The van der Waals surface area contributed by atoms with Crippen LogP contribution in [0.3, 0.4) is 0 Å². The number of rotatable bonds is 5. The molecule has 2 rings (SSSR count). The van der Waals surface area contributed by atoms with E-state index in [1.54, 1.807) is 25.1 Å². The van der Waals surface area contributed by atoms with Crippen molar-refractivity contribution in [3.8, 4) is 17.6 Å². The summed E-state index contributed by atoms with van der Waals surface area (Å²) in [4.78, 5) is -0.0222. The zero-order valence-corrected chi connectivity index (χ0v) is 13.8. The van der Waals surface area contributed by atoms with Gasteiger partial charge in [-0.25, -0.2) is 8.42 Å². The summed E-state index contributed by atoms with van der Waals surface area (Å²) in [7, 11) is -1.03. The monoisotopic (exact) mass is 332 g/mol. The lowest BCUT2D eigenvalue weighted by Gasteiger charge is -2.16. The molecule has 0 spiro atoms.